The fraction of sp³-hybridized carbons (Fsp3) is 0.421. The summed E-state index contributed by atoms with van der Waals surface area (Å²) in [5.41, 5.74) is 1.50. The van der Waals surface area contributed by atoms with Gasteiger partial charge < -0.3 is 9.80 Å². The molecule has 1 aliphatic heterocycles. The van der Waals surface area contributed by atoms with Crippen LogP contribution in [0.3, 0.4) is 0 Å². The molecule has 5 nitrogen and oxygen atoms in total. The fourth-order valence-electron chi connectivity index (χ4n) is 3.19. The van der Waals surface area contributed by atoms with Gasteiger partial charge in [0.2, 0.25) is 0 Å². The maximum absolute atomic E-state index is 12.6. The molecule has 1 fully saturated rings. The van der Waals surface area contributed by atoms with E-state index in [1.807, 2.05) is 35.2 Å². The van der Waals surface area contributed by atoms with Crippen molar-refractivity contribution in [1.82, 2.24) is 14.9 Å². The Morgan fingerprint density at radius 3 is 2.67 bits per heavy atom. The lowest BCUT2D eigenvalue weighted by Crippen LogP contribution is -2.39. The molecule has 3 rings (SSSR count). The molecule has 0 radical (unpaired) electrons. The lowest BCUT2D eigenvalue weighted by atomic mass is 10.0. The minimum absolute atomic E-state index is 0.0108. The molecule has 0 N–H and O–H groups in total. The first kappa shape index (κ1) is 16.4. The van der Waals surface area contributed by atoms with Gasteiger partial charge in [0.05, 0.1) is 12.4 Å². The summed E-state index contributed by atoms with van der Waals surface area (Å²) < 4.78 is 0. The van der Waals surface area contributed by atoms with Gasteiger partial charge in [-0.15, -0.1) is 0 Å². The van der Waals surface area contributed by atoms with E-state index in [0.29, 0.717) is 11.6 Å². The Bertz CT molecular complexity index is 672. The minimum atomic E-state index is -0.0108. The number of para-hydroxylation sites is 1. The second-order valence-corrected chi connectivity index (χ2v) is 6.34. The number of rotatable bonds is 4. The Hall–Kier alpha value is -2.43. The van der Waals surface area contributed by atoms with Crippen molar-refractivity contribution in [3.8, 4) is 0 Å². The number of hydrogen-bond acceptors (Lipinski definition) is 4. The van der Waals surface area contributed by atoms with E-state index in [0.717, 1.165) is 37.6 Å². The third-order valence-electron chi connectivity index (χ3n) is 4.46. The smallest absolute Gasteiger partial charge is 0.274 e. The van der Waals surface area contributed by atoms with Crippen molar-refractivity contribution in [3.63, 3.8) is 0 Å². The Kier molecular flexibility index (Phi) is 5.08. The van der Waals surface area contributed by atoms with Gasteiger partial charge in [0.15, 0.2) is 5.82 Å². The first-order valence-electron chi connectivity index (χ1n) is 8.63. The molecule has 1 aromatic carbocycles. The number of amides is 1. The zero-order valence-electron chi connectivity index (χ0n) is 14.4. The first-order chi connectivity index (χ1) is 11.7. The van der Waals surface area contributed by atoms with Crippen LogP contribution in [0.15, 0.2) is 42.7 Å². The van der Waals surface area contributed by atoms with Gasteiger partial charge in [0.25, 0.3) is 5.91 Å². The summed E-state index contributed by atoms with van der Waals surface area (Å²) in [6.45, 7) is 6.68. The van der Waals surface area contributed by atoms with E-state index in [4.69, 9.17) is 0 Å². The standard InChI is InChI=1S/C19H24N4O/c1-3-23(16-9-5-4-6-10-16)18-13-20-17(12-21-18)19(24)22-11-7-8-15(2)14-22/h4-6,9-10,12-13,15H,3,7-8,11,14H2,1-2H3. The van der Waals surface area contributed by atoms with Gasteiger partial charge in [-0.2, -0.15) is 0 Å². The SMILES string of the molecule is CCN(c1ccccc1)c1cnc(C(=O)N2CCCC(C)C2)cn1. The maximum atomic E-state index is 12.6. The third-order valence-corrected chi connectivity index (χ3v) is 4.46. The van der Waals surface area contributed by atoms with Crippen LogP contribution in [0.25, 0.3) is 0 Å². The molecule has 1 aromatic heterocycles. The van der Waals surface area contributed by atoms with Crippen LogP contribution in [0.1, 0.15) is 37.2 Å². The molecular weight excluding hydrogens is 300 g/mol. The van der Waals surface area contributed by atoms with Crippen LogP contribution in [0.5, 0.6) is 0 Å². The lowest BCUT2D eigenvalue weighted by Gasteiger charge is -2.30. The molecule has 1 amide bonds. The molecule has 24 heavy (non-hydrogen) atoms. The van der Waals surface area contributed by atoms with Crippen LogP contribution >= 0.6 is 0 Å². The average Bonchev–Trinajstić information content (AvgIpc) is 2.63. The highest BCUT2D eigenvalue weighted by Gasteiger charge is 2.23. The van der Waals surface area contributed by atoms with Crippen LogP contribution in [0.4, 0.5) is 11.5 Å². The number of benzene rings is 1. The van der Waals surface area contributed by atoms with Crippen LogP contribution in [0, 0.1) is 5.92 Å². The van der Waals surface area contributed by atoms with Crippen LogP contribution in [0.2, 0.25) is 0 Å². The number of likely N-dealkylation sites (tertiary alicyclic amines) is 1. The van der Waals surface area contributed by atoms with Gasteiger partial charge in [-0.3, -0.25) is 4.79 Å². The molecule has 0 spiro atoms. The number of carbonyl (C=O) groups excluding carboxylic acids is 1. The third kappa shape index (κ3) is 3.55. The molecule has 5 heteroatoms. The number of anilines is 2. The minimum Gasteiger partial charge on any atom is -0.337 e. The van der Waals surface area contributed by atoms with Gasteiger partial charge in [-0.05, 0) is 37.8 Å². The molecule has 1 unspecified atom stereocenters. The normalized spacial score (nSPS) is 17.6. The van der Waals surface area contributed by atoms with Gasteiger partial charge >= 0.3 is 0 Å². The average molecular weight is 324 g/mol. The van der Waals surface area contributed by atoms with Crippen molar-refractivity contribution in [2.75, 3.05) is 24.5 Å². The number of piperidine rings is 1. The van der Waals surface area contributed by atoms with E-state index in [1.54, 1.807) is 12.4 Å². The van der Waals surface area contributed by atoms with Crippen molar-refractivity contribution in [1.29, 1.82) is 0 Å². The summed E-state index contributed by atoms with van der Waals surface area (Å²) in [5, 5.41) is 0. The van der Waals surface area contributed by atoms with E-state index < -0.39 is 0 Å². The van der Waals surface area contributed by atoms with Crippen LogP contribution in [-0.2, 0) is 0 Å². The molecular formula is C19H24N4O. The van der Waals surface area contributed by atoms with Crippen molar-refractivity contribution in [3.05, 3.63) is 48.4 Å². The summed E-state index contributed by atoms with van der Waals surface area (Å²) in [4.78, 5) is 25.4. The Morgan fingerprint density at radius 1 is 1.25 bits per heavy atom. The summed E-state index contributed by atoms with van der Waals surface area (Å²) in [5.74, 6) is 1.30. The fourth-order valence-corrected chi connectivity index (χ4v) is 3.19. The molecule has 0 aliphatic carbocycles. The Morgan fingerprint density at radius 2 is 2.04 bits per heavy atom. The summed E-state index contributed by atoms with van der Waals surface area (Å²) in [7, 11) is 0. The monoisotopic (exact) mass is 324 g/mol. The highest BCUT2D eigenvalue weighted by Crippen LogP contribution is 2.22. The van der Waals surface area contributed by atoms with Gasteiger partial charge in [-0.1, -0.05) is 25.1 Å². The number of hydrogen-bond donors (Lipinski definition) is 0. The highest BCUT2D eigenvalue weighted by molar-refractivity contribution is 5.92. The van der Waals surface area contributed by atoms with Crippen molar-refractivity contribution >= 4 is 17.4 Å². The van der Waals surface area contributed by atoms with E-state index in [2.05, 4.69) is 28.7 Å². The molecule has 1 atom stereocenters. The quantitative estimate of drug-likeness (QED) is 0.863. The Balaban J connectivity index is 1.76. The maximum Gasteiger partial charge on any atom is 0.274 e. The van der Waals surface area contributed by atoms with Crippen molar-refractivity contribution in [2.24, 2.45) is 5.92 Å². The molecule has 2 aromatic rings. The zero-order valence-corrected chi connectivity index (χ0v) is 14.4. The second kappa shape index (κ2) is 7.43. The number of nitrogens with zero attached hydrogens (tertiary/aromatic N) is 4. The van der Waals surface area contributed by atoms with E-state index in [9.17, 15) is 4.79 Å². The van der Waals surface area contributed by atoms with Gasteiger partial charge in [-0.25, -0.2) is 9.97 Å². The van der Waals surface area contributed by atoms with E-state index >= 15 is 0 Å². The molecule has 0 bridgehead atoms. The predicted octanol–water partition coefficient (Wildman–Crippen LogP) is 3.51. The van der Waals surface area contributed by atoms with Crippen molar-refractivity contribution in [2.45, 2.75) is 26.7 Å². The highest BCUT2D eigenvalue weighted by atomic mass is 16.2. The van der Waals surface area contributed by atoms with Crippen molar-refractivity contribution < 1.29 is 4.79 Å². The van der Waals surface area contributed by atoms with E-state index in [1.165, 1.54) is 6.42 Å². The lowest BCUT2D eigenvalue weighted by molar-refractivity contribution is 0.0676. The van der Waals surface area contributed by atoms with E-state index in [-0.39, 0.29) is 5.91 Å². The Labute approximate surface area is 143 Å². The molecule has 126 valence electrons. The first-order valence-corrected chi connectivity index (χ1v) is 8.63. The predicted molar refractivity (Wildman–Crippen MR) is 95.5 cm³/mol. The molecule has 0 saturated carbocycles. The largest absolute Gasteiger partial charge is 0.337 e. The molecule has 1 aliphatic rings. The number of aromatic nitrogens is 2. The summed E-state index contributed by atoms with van der Waals surface area (Å²) in [6.07, 6.45) is 5.55. The summed E-state index contributed by atoms with van der Waals surface area (Å²) in [6, 6.07) is 10.1. The molecule has 1 saturated heterocycles. The zero-order chi connectivity index (χ0) is 16.9. The topological polar surface area (TPSA) is 49.3 Å². The summed E-state index contributed by atoms with van der Waals surface area (Å²) >= 11 is 0. The number of carbonyl (C=O) groups is 1. The van der Waals surface area contributed by atoms with Gasteiger partial charge in [0, 0.05) is 25.3 Å². The molecule has 2 heterocycles. The second-order valence-electron chi connectivity index (χ2n) is 6.34. The van der Waals surface area contributed by atoms with Crippen LogP contribution < -0.4 is 4.90 Å². The van der Waals surface area contributed by atoms with Gasteiger partial charge in [0.1, 0.15) is 5.69 Å². The van der Waals surface area contributed by atoms with Crippen LogP contribution in [-0.4, -0.2) is 40.4 Å².